The number of ether oxygens (including phenoxy) is 2. The van der Waals surface area contributed by atoms with Gasteiger partial charge in [0.2, 0.25) is 12.7 Å². The van der Waals surface area contributed by atoms with Crippen LogP contribution >= 0.6 is 0 Å². The lowest BCUT2D eigenvalue weighted by molar-refractivity contribution is -0.115. The predicted octanol–water partition coefficient (Wildman–Crippen LogP) is 2.06. The van der Waals surface area contributed by atoms with Gasteiger partial charge < -0.3 is 20.1 Å². The molecule has 1 aliphatic rings. The average molecular weight is 334 g/mol. The lowest BCUT2D eigenvalue weighted by atomic mass is 10.2. The summed E-state index contributed by atoms with van der Waals surface area (Å²) in [5, 5.41) is 4.82. The third kappa shape index (κ3) is 3.43. The first-order valence-corrected chi connectivity index (χ1v) is 6.95. The summed E-state index contributed by atoms with van der Waals surface area (Å²) in [5.41, 5.74) is 0.124. The molecule has 0 atom stereocenters. The van der Waals surface area contributed by atoms with Crippen molar-refractivity contribution in [3.05, 3.63) is 53.6 Å². The molecule has 0 spiro atoms. The first-order valence-electron chi connectivity index (χ1n) is 6.95. The Morgan fingerprint density at radius 3 is 2.62 bits per heavy atom. The van der Waals surface area contributed by atoms with E-state index in [1.165, 1.54) is 0 Å². The normalized spacial score (nSPS) is 11.9. The Kier molecular flexibility index (Phi) is 4.28. The van der Waals surface area contributed by atoms with E-state index in [0.29, 0.717) is 23.3 Å². The molecule has 2 amide bonds. The topological polar surface area (TPSA) is 76.7 Å². The molecule has 0 fully saturated rings. The zero-order valence-electron chi connectivity index (χ0n) is 12.3. The van der Waals surface area contributed by atoms with Gasteiger partial charge in [0.15, 0.2) is 11.5 Å². The maximum atomic E-state index is 13.5. The van der Waals surface area contributed by atoms with Crippen LogP contribution in [-0.4, -0.2) is 25.2 Å². The highest BCUT2D eigenvalue weighted by Gasteiger charge is 2.16. The maximum absolute atomic E-state index is 13.5. The molecule has 2 aromatic carbocycles. The molecule has 0 aliphatic carbocycles. The molecule has 124 valence electrons. The Morgan fingerprint density at radius 1 is 1.04 bits per heavy atom. The van der Waals surface area contributed by atoms with Crippen molar-refractivity contribution in [1.29, 1.82) is 0 Å². The number of benzene rings is 2. The van der Waals surface area contributed by atoms with E-state index in [-0.39, 0.29) is 18.9 Å². The van der Waals surface area contributed by atoms with E-state index in [0.717, 1.165) is 12.1 Å². The lowest BCUT2D eigenvalue weighted by Crippen LogP contribution is -2.33. The fourth-order valence-electron chi connectivity index (χ4n) is 2.11. The highest BCUT2D eigenvalue weighted by atomic mass is 19.1. The minimum absolute atomic E-state index is 0.117. The molecule has 1 aliphatic heterocycles. The molecule has 2 N–H and O–H groups in total. The molecule has 1 heterocycles. The van der Waals surface area contributed by atoms with Crippen molar-refractivity contribution in [3.63, 3.8) is 0 Å². The molecule has 6 nitrogen and oxygen atoms in total. The van der Waals surface area contributed by atoms with Crippen molar-refractivity contribution < 1.29 is 27.8 Å². The van der Waals surface area contributed by atoms with Gasteiger partial charge in [0, 0.05) is 17.8 Å². The quantitative estimate of drug-likeness (QED) is 0.897. The molecule has 0 saturated heterocycles. The number of amides is 2. The number of nitrogens with one attached hydrogen (secondary N) is 2. The van der Waals surface area contributed by atoms with Gasteiger partial charge in [-0.3, -0.25) is 9.59 Å². The number of halogens is 2. The molecule has 0 unspecified atom stereocenters. The van der Waals surface area contributed by atoms with Crippen molar-refractivity contribution in [1.82, 2.24) is 5.32 Å². The Balaban J connectivity index is 1.56. The monoisotopic (exact) mass is 334 g/mol. The molecular weight excluding hydrogens is 322 g/mol. The van der Waals surface area contributed by atoms with E-state index in [2.05, 4.69) is 10.6 Å². The Labute approximate surface area is 135 Å². The van der Waals surface area contributed by atoms with Crippen molar-refractivity contribution in [2.75, 3.05) is 18.7 Å². The number of anilines is 1. The third-order valence-corrected chi connectivity index (χ3v) is 3.24. The van der Waals surface area contributed by atoms with E-state index in [1.807, 2.05) is 0 Å². The minimum Gasteiger partial charge on any atom is -0.454 e. The summed E-state index contributed by atoms with van der Waals surface area (Å²) in [4.78, 5) is 23.6. The van der Waals surface area contributed by atoms with Gasteiger partial charge >= 0.3 is 0 Å². The SMILES string of the molecule is O=C(CNC(=O)c1ccc(F)cc1F)Nc1ccc2c(c1)OCO2. The largest absolute Gasteiger partial charge is 0.454 e. The predicted molar refractivity (Wildman–Crippen MR) is 79.9 cm³/mol. The van der Waals surface area contributed by atoms with Crippen LogP contribution in [-0.2, 0) is 4.79 Å². The van der Waals surface area contributed by atoms with Gasteiger partial charge in [-0.25, -0.2) is 8.78 Å². The van der Waals surface area contributed by atoms with Crippen LogP contribution in [0.2, 0.25) is 0 Å². The number of hydrogen-bond donors (Lipinski definition) is 2. The number of fused-ring (bicyclic) bond motifs is 1. The van der Waals surface area contributed by atoms with E-state index in [4.69, 9.17) is 9.47 Å². The molecule has 0 radical (unpaired) electrons. The van der Waals surface area contributed by atoms with Crippen molar-refractivity contribution in [2.45, 2.75) is 0 Å². The van der Waals surface area contributed by atoms with Crippen LogP contribution in [0.15, 0.2) is 36.4 Å². The van der Waals surface area contributed by atoms with E-state index < -0.39 is 23.4 Å². The number of carbonyl (C=O) groups is 2. The lowest BCUT2D eigenvalue weighted by Gasteiger charge is -2.08. The van der Waals surface area contributed by atoms with Crippen molar-refractivity contribution >= 4 is 17.5 Å². The summed E-state index contributed by atoms with van der Waals surface area (Å²) in [6.07, 6.45) is 0. The number of rotatable bonds is 4. The second-order valence-electron chi connectivity index (χ2n) is 4.92. The molecule has 2 aromatic rings. The van der Waals surface area contributed by atoms with Crippen LogP contribution in [0.4, 0.5) is 14.5 Å². The zero-order valence-corrected chi connectivity index (χ0v) is 12.3. The van der Waals surface area contributed by atoms with Gasteiger partial charge in [-0.15, -0.1) is 0 Å². The van der Waals surface area contributed by atoms with Crippen LogP contribution in [0.5, 0.6) is 11.5 Å². The van der Waals surface area contributed by atoms with E-state index in [1.54, 1.807) is 18.2 Å². The Bertz CT molecular complexity index is 811. The van der Waals surface area contributed by atoms with Crippen LogP contribution in [0, 0.1) is 11.6 Å². The molecule has 8 heteroatoms. The van der Waals surface area contributed by atoms with Crippen LogP contribution in [0.25, 0.3) is 0 Å². The van der Waals surface area contributed by atoms with Gasteiger partial charge in [0.05, 0.1) is 12.1 Å². The Hall–Kier alpha value is -3.16. The number of carbonyl (C=O) groups excluding carboxylic acids is 2. The molecule has 0 aromatic heterocycles. The van der Waals surface area contributed by atoms with Crippen LogP contribution in [0.1, 0.15) is 10.4 Å². The average Bonchev–Trinajstić information content (AvgIpc) is 3.00. The summed E-state index contributed by atoms with van der Waals surface area (Å²) in [6, 6.07) is 7.42. The summed E-state index contributed by atoms with van der Waals surface area (Å²) < 4.78 is 36.6. The summed E-state index contributed by atoms with van der Waals surface area (Å²) in [6.45, 7) is -0.254. The maximum Gasteiger partial charge on any atom is 0.254 e. The second-order valence-corrected chi connectivity index (χ2v) is 4.92. The molecule has 24 heavy (non-hydrogen) atoms. The van der Waals surface area contributed by atoms with Gasteiger partial charge in [-0.1, -0.05) is 0 Å². The summed E-state index contributed by atoms with van der Waals surface area (Å²) in [7, 11) is 0. The van der Waals surface area contributed by atoms with Gasteiger partial charge in [0.1, 0.15) is 11.6 Å². The van der Waals surface area contributed by atoms with Crippen molar-refractivity contribution in [2.24, 2.45) is 0 Å². The molecule has 0 saturated carbocycles. The zero-order chi connectivity index (χ0) is 17.1. The molecule has 3 rings (SSSR count). The second kappa shape index (κ2) is 6.53. The Morgan fingerprint density at radius 2 is 1.83 bits per heavy atom. The standard InChI is InChI=1S/C16H12F2N2O4/c17-9-1-3-11(12(18)5-9)16(22)19-7-15(21)20-10-2-4-13-14(6-10)24-8-23-13/h1-6H,7-8H2,(H,19,22)(H,20,21). The van der Waals surface area contributed by atoms with Gasteiger partial charge in [-0.2, -0.15) is 0 Å². The fourth-order valence-corrected chi connectivity index (χ4v) is 2.11. The van der Waals surface area contributed by atoms with Gasteiger partial charge in [-0.05, 0) is 24.3 Å². The van der Waals surface area contributed by atoms with E-state index in [9.17, 15) is 18.4 Å². The highest BCUT2D eigenvalue weighted by molar-refractivity contribution is 5.99. The third-order valence-electron chi connectivity index (χ3n) is 3.24. The summed E-state index contributed by atoms with van der Waals surface area (Å²) >= 11 is 0. The number of hydrogen-bond acceptors (Lipinski definition) is 4. The summed E-state index contributed by atoms with van der Waals surface area (Å²) in [5.74, 6) is -2.02. The fraction of sp³-hybridized carbons (Fsp3) is 0.125. The van der Waals surface area contributed by atoms with Crippen LogP contribution < -0.4 is 20.1 Å². The van der Waals surface area contributed by atoms with E-state index >= 15 is 0 Å². The van der Waals surface area contributed by atoms with Gasteiger partial charge in [0.25, 0.3) is 5.91 Å². The highest BCUT2D eigenvalue weighted by Crippen LogP contribution is 2.34. The molecule has 0 bridgehead atoms. The van der Waals surface area contributed by atoms with Crippen LogP contribution in [0.3, 0.4) is 0 Å². The first kappa shape index (κ1) is 15.7. The van der Waals surface area contributed by atoms with Crippen molar-refractivity contribution in [3.8, 4) is 11.5 Å². The minimum atomic E-state index is -0.997. The molecular formula is C16H12F2N2O4. The first-order chi connectivity index (χ1) is 11.5. The smallest absolute Gasteiger partial charge is 0.254 e.